The normalized spacial score (nSPS) is 26.3. The summed E-state index contributed by atoms with van der Waals surface area (Å²) in [5.74, 6) is 0. The van der Waals surface area contributed by atoms with Crippen molar-refractivity contribution in [2.24, 2.45) is 5.41 Å². The number of nitrogens with one attached hydrogen (secondary N) is 1. The van der Waals surface area contributed by atoms with Gasteiger partial charge < -0.3 is 5.11 Å². The van der Waals surface area contributed by atoms with E-state index in [1.807, 2.05) is 6.92 Å². The number of aliphatic hydroxyl groups is 1. The molecule has 18 heavy (non-hydrogen) atoms. The summed E-state index contributed by atoms with van der Waals surface area (Å²) < 4.78 is 26.2. The minimum absolute atomic E-state index is 0.0287. The lowest BCUT2D eigenvalue weighted by Crippen LogP contribution is -2.47. The fourth-order valence-electron chi connectivity index (χ4n) is 2.43. The average Bonchev–Trinajstić information content (AvgIpc) is 2.93. The zero-order valence-electron chi connectivity index (χ0n) is 10.5. The molecule has 0 spiro atoms. The van der Waals surface area contributed by atoms with Gasteiger partial charge in [-0.15, -0.1) is 0 Å². The van der Waals surface area contributed by atoms with Gasteiger partial charge in [-0.1, -0.05) is 6.92 Å². The number of hydrogen-bond acceptors (Lipinski definition) is 4. The molecule has 1 aliphatic heterocycles. The average molecular weight is 273 g/mol. The van der Waals surface area contributed by atoms with Crippen LogP contribution in [0, 0.1) is 5.41 Å². The molecule has 1 aromatic heterocycles. The van der Waals surface area contributed by atoms with Crippen LogP contribution >= 0.6 is 0 Å². The number of H-pyrrole nitrogens is 1. The topological polar surface area (TPSA) is 86.3 Å². The highest BCUT2D eigenvalue weighted by atomic mass is 32.2. The summed E-state index contributed by atoms with van der Waals surface area (Å²) in [6.45, 7) is 2.91. The third kappa shape index (κ3) is 2.30. The number of aromatic nitrogens is 2. The Kier molecular flexibility index (Phi) is 3.74. The third-order valence-electron chi connectivity index (χ3n) is 3.82. The Hall–Kier alpha value is -0.920. The molecule has 102 valence electrons. The predicted octanol–water partition coefficient (Wildman–Crippen LogP) is 0.583. The monoisotopic (exact) mass is 273 g/mol. The van der Waals surface area contributed by atoms with Gasteiger partial charge in [0.2, 0.25) is 10.0 Å². The van der Waals surface area contributed by atoms with Crippen LogP contribution in [-0.4, -0.2) is 47.7 Å². The Bertz CT molecular complexity index is 480. The zero-order chi connectivity index (χ0) is 13.2. The molecular formula is C11H19N3O3S. The molecule has 0 aromatic carbocycles. The molecule has 2 heterocycles. The van der Waals surface area contributed by atoms with E-state index in [1.54, 1.807) is 0 Å². The van der Waals surface area contributed by atoms with Crippen molar-refractivity contribution in [3.8, 4) is 0 Å². The molecule has 1 unspecified atom stereocenters. The number of rotatable bonds is 4. The van der Waals surface area contributed by atoms with E-state index in [-0.39, 0.29) is 16.9 Å². The van der Waals surface area contributed by atoms with Crippen LogP contribution in [0.3, 0.4) is 0 Å². The van der Waals surface area contributed by atoms with Gasteiger partial charge in [-0.3, -0.25) is 5.10 Å². The van der Waals surface area contributed by atoms with Gasteiger partial charge in [0.05, 0.1) is 6.20 Å². The lowest BCUT2D eigenvalue weighted by molar-refractivity contribution is 0.0609. The van der Waals surface area contributed by atoms with Crippen LogP contribution in [0.5, 0.6) is 0 Å². The molecule has 6 nitrogen and oxygen atoms in total. The minimum Gasteiger partial charge on any atom is -0.396 e. The molecule has 1 aliphatic rings. The second kappa shape index (κ2) is 4.99. The number of aliphatic hydroxyl groups excluding tert-OH is 1. The molecule has 0 amide bonds. The summed E-state index contributed by atoms with van der Waals surface area (Å²) in [6.07, 6.45) is 5.14. The third-order valence-corrected chi connectivity index (χ3v) is 5.63. The Morgan fingerprint density at radius 2 is 2.39 bits per heavy atom. The van der Waals surface area contributed by atoms with Crippen LogP contribution in [-0.2, 0) is 10.0 Å². The van der Waals surface area contributed by atoms with Gasteiger partial charge in [-0.25, -0.2) is 8.42 Å². The molecule has 1 saturated heterocycles. The first-order chi connectivity index (χ1) is 8.54. The molecule has 1 fully saturated rings. The molecule has 0 aliphatic carbocycles. The number of aromatic amines is 1. The van der Waals surface area contributed by atoms with Crippen molar-refractivity contribution in [1.82, 2.24) is 14.5 Å². The molecule has 1 aromatic rings. The van der Waals surface area contributed by atoms with Gasteiger partial charge >= 0.3 is 0 Å². The first kappa shape index (κ1) is 13.5. The van der Waals surface area contributed by atoms with Gasteiger partial charge in [0, 0.05) is 31.3 Å². The van der Waals surface area contributed by atoms with E-state index >= 15 is 0 Å². The van der Waals surface area contributed by atoms with Crippen LogP contribution in [0.25, 0.3) is 0 Å². The molecule has 1 atom stereocenters. The molecular weight excluding hydrogens is 254 g/mol. The highest BCUT2D eigenvalue weighted by Crippen LogP contribution is 2.34. The first-order valence-corrected chi connectivity index (χ1v) is 7.58. The Morgan fingerprint density at radius 3 is 2.94 bits per heavy atom. The number of sulfonamides is 1. The Morgan fingerprint density at radius 1 is 1.61 bits per heavy atom. The van der Waals surface area contributed by atoms with Crippen molar-refractivity contribution in [3.63, 3.8) is 0 Å². The summed E-state index contributed by atoms with van der Waals surface area (Å²) in [5, 5.41) is 15.7. The van der Waals surface area contributed by atoms with Crippen LogP contribution < -0.4 is 0 Å². The zero-order valence-corrected chi connectivity index (χ0v) is 11.3. The van der Waals surface area contributed by atoms with Crippen molar-refractivity contribution < 1.29 is 13.5 Å². The predicted molar refractivity (Wildman–Crippen MR) is 66.4 cm³/mol. The molecule has 0 saturated carbocycles. The largest absolute Gasteiger partial charge is 0.396 e. The molecule has 0 bridgehead atoms. The van der Waals surface area contributed by atoms with E-state index in [4.69, 9.17) is 0 Å². The Balaban J connectivity index is 2.24. The second-order valence-electron chi connectivity index (χ2n) is 4.89. The van der Waals surface area contributed by atoms with Crippen LogP contribution in [0.2, 0.25) is 0 Å². The summed E-state index contributed by atoms with van der Waals surface area (Å²) in [7, 11) is -3.48. The maximum Gasteiger partial charge on any atom is 0.246 e. The summed E-state index contributed by atoms with van der Waals surface area (Å²) >= 11 is 0. The molecule has 7 heteroatoms. The van der Waals surface area contributed by atoms with Crippen molar-refractivity contribution >= 4 is 10.0 Å². The van der Waals surface area contributed by atoms with E-state index in [0.29, 0.717) is 13.1 Å². The van der Waals surface area contributed by atoms with Crippen LogP contribution in [0.4, 0.5) is 0 Å². The lowest BCUT2D eigenvalue weighted by Gasteiger charge is -2.40. The van der Waals surface area contributed by atoms with Gasteiger partial charge in [0.1, 0.15) is 4.90 Å². The summed E-state index contributed by atoms with van der Waals surface area (Å²) in [6, 6.07) is 0. The summed E-state index contributed by atoms with van der Waals surface area (Å²) in [5.41, 5.74) is -0.297. The smallest absolute Gasteiger partial charge is 0.246 e. The van der Waals surface area contributed by atoms with Crippen molar-refractivity contribution in [1.29, 1.82) is 0 Å². The van der Waals surface area contributed by atoms with Crippen LogP contribution in [0.15, 0.2) is 17.3 Å². The standard InChI is InChI=1S/C11H19N3O3S/c1-2-11(9-15)4-3-5-14(8-11)18(16,17)10-6-12-13-7-10/h6-7,15H,2-5,8-9H2,1H3,(H,12,13). The number of nitrogens with zero attached hydrogens (tertiary/aromatic N) is 2. The van der Waals surface area contributed by atoms with E-state index in [9.17, 15) is 13.5 Å². The van der Waals surface area contributed by atoms with Crippen molar-refractivity contribution in [3.05, 3.63) is 12.4 Å². The molecule has 2 N–H and O–H groups in total. The maximum atomic E-state index is 12.4. The number of hydrogen-bond donors (Lipinski definition) is 2. The fraction of sp³-hybridized carbons (Fsp3) is 0.727. The molecule has 2 rings (SSSR count). The fourth-order valence-corrected chi connectivity index (χ4v) is 3.93. The van der Waals surface area contributed by atoms with Gasteiger partial charge in [0.25, 0.3) is 0 Å². The highest BCUT2D eigenvalue weighted by Gasteiger charge is 2.38. The van der Waals surface area contributed by atoms with E-state index in [0.717, 1.165) is 19.3 Å². The van der Waals surface area contributed by atoms with Gasteiger partial charge in [-0.2, -0.15) is 9.40 Å². The summed E-state index contributed by atoms with van der Waals surface area (Å²) in [4.78, 5) is 0.187. The molecule has 0 radical (unpaired) electrons. The van der Waals surface area contributed by atoms with Crippen molar-refractivity contribution in [2.75, 3.05) is 19.7 Å². The van der Waals surface area contributed by atoms with Crippen molar-refractivity contribution in [2.45, 2.75) is 31.1 Å². The first-order valence-electron chi connectivity index (χ1n) is 6.14. The van der Waals surface area contributed by atoms with E-state index in [1.165, 1.54) is 16.7 Å². The van der Waals surface area contributed by atoms with Crippen LogP contribution in [0.1, 0.15) is 26.2 Å². The van der Waals surface area contributed by atoms with Gasteiger partial charge in [-0.05, 0) is 19.3 Å². The van der Waals surface area contributed by atoms with E-state index < -0.39 is 10.0 Å². The Labute approximate surface area is 107 Å². The SMILES string of the molecule is CCC1(CO)CCCN(S(=O)(=O)c2cn[nH]c2)C1. The lowest BCUT2D eigenvalue weighted by atomic mass is 9.79. The highest BCUT2D eigenvalue weighted by molar-refractivity contribution is 7.89. The van der Waals surface area contributed by atoms with E-state index in [2.05, 4.69) is 10.2 Å². The number of piperidine rings is 1. The van der Waals surface area contributed by atoms with Gasteiger partial charge in [0.15, 0.2) is 0 Å². The maximum absolute atomic E-state index is 12.4. The minimum atomic E-state index is -3.48. The second-order valence-corrected chi connectivity index (χ2v) is 6.83. The quantitative estimate of drug-likeness (QED) is 0.840.